The molecule has 4 nitrogen and oxygen atoms in total. The summed E-state index contributed by atoms with van der Waals surface area (Å²) in [5, 5.41) is 2.82. The molecule has 2 fully saturated rings. The second-order valence-corrected chi connectivity index (χ2v) is 8.07. The van der Waals surface area contributed by atoms with Crippen molar-refractivity contribution >= 4 is 11.8 Å². The van der Waals surface area contributed by atoms with Crippen LogP contribution >= 0.6 is 0 Å². The predicted octanol–water partition coefficient (Wildman–Crippen LogP) is 4.08. The molecule has 28 heavy (non-hydrogen) atoms. The molecule has 1 aromatic carbocycles. The Labute approximate surface area is 163 Å². The molecule has 1 aliphatic carbocycles. The van der Waals surface area contributed by atoms with Crippen LogP contribution in [0, 0.1) is 18.8 Å². The van der Waals surface area contributed by atoms with Crippen LogP contribution < -0.4 is 5.32 Å². The van der Waals surface area contributed by atoms with Crippen LogP contribution in [0.3, 0.4) is 0 Å². The van der Waals surface area contributed by atoms with E-state index in [1.807, 2.05) is 19.1 Å². The number of rotatable bonds is 3. The summed E-state index contributed by atoms with van der Waals surface area (Å²) in [4.78, 5) is 27.0. The van der Waals surface area contributed by atoms with Gasteiger partial charge in [0.25, 0.3) is 5.91 Å². The molecule has 1 saturated carbocycles. The van der Waals surface area contributed by atoms with E-state index in [-0.39, 0.29) is 30.6 Å². The predicted molar refractivity (Wildman–Crippen MR) is 99.8 cm³/mol. The minimum atomic E-state index is -4.20. The summed E-state index contributed by atoms with van der Waals surface area (Å²) in [5.41, 5.74) is 1.66. The fourth-order valence-corrected chi connectivity index (χ4v) is 4.19. The maximum atomic E-state index is 13.0. The molecule has 0 aromatic heterocycles. The lowest BCUT2D eigenvalue weighted by Crippen LogP contribution is -2.49. The van der Waals surface area contributed by atoms with Crippen molar-refractivity contribution in [3.8, 4) is 0 Å². The van der Waals surface area contributed by atoms with E-state index < -0.39 is 18.1 Å². The lowest BCUT2D eigenvalue weighted by atomic mass is 9.84. The first-order valence-corrected chi connectivity index (χ1v) is 9.97. The minimum absolute atomic E-state index is 0.0476. The number of nitrogens with one attached hydrogen (secondary N) is 1. The number of piperidine rings is 1. The maximum Gasteiger partial charge on any atom is 0.391 e. The van der Waals surface area contributed by atoms with E-state index in [1.165, 1.54) is 0 Å². The number of nitrogens with zero attached hydrogens (tertiary/aromatic N) is 1. The fraction of sp³-hybridized carbons (Fsp3) is 0.619. The summed E-state index contributed by atoms with van der Waals surface area (Å²) >= 11 is 0. The van der Waals surface area contributed by atoms with Crippen LogP contribution in [0.5, 0.6) is 0 Å². The van der Waals surface area contributed by atoms with Crippen molar-refractivity contribution < 1.29 is 22.8 Å². The SMILES string of the molecule is Cc1ccc(C(=O)N2CCCC(C(=O)NC3CCCC(C(F)(F)F)C3)C2)cc1. The van der Waals surface area contributed by atoms with E-state index in [0.717, 1.165) is 5.56 Å². The van der Waals surface area contributed by atoms with Gasteiger partial charge in [-0.1, -0.05) is 24.1 Å². The molecule has 1 saturated heterocycles. The highest BCUT2D eigenvalue weighted by Gasteiger charge is 2.42. The quantitative estimate of drug-likeness (QED) is 0.837. The first kappa shape index (κ1) is 20.7. The fourth-order valence-electron chi connectivity index (χ4n) is 4.19. The zero-order valence-electron chi connectivity index (χ0n) is 16.1. The van der Waals surface area contributed by atoms with Crippen LogP contribution in [0.1, 0.15) is 54.4 Å². The highest BCUT2D eigenvalue weighted by atomic mass is 19.4. The molecular formula is C21H27F3N2O2. The van der Waals surface area contributed by atoms with Gasteiger partial charge in [0.2, 0.25) is 5.91 Å². The topological polar surface area (TPSA) is 49.4 Å². The van der Waals surface area contributed by atoms with Gasteiger partial charge < -0.3 is 10.2 Å². The van der Waals surface area contributed by atoms with Crippen LogP contribution in [0.15, 0.2) is 24.3 Å². The normalized spacial score (nSPS) is 26.0. The van der Waals surface area contributed by atoms with Crippen LogP contribution in [-0.4, -0.2) is 42.0 Å². The van der Waals surface area contributed by atoms with Gasteiger partial charge in [0.1, 0.15) is 0 Å². The number of alkyl halides is 3. The molecule has 2 amide bonds. The van der Waals surface area contributed by atoms with E-state index >= 15 is 0 Å². The number of hydrogen-bond acceptors (Lipinski definition) is 2. The second-order valence-electron chi connectivity index (χ2n) is 8.07. The van der Waals surface area contributed by atoms with E-state index in [1.54, 1.807) is 17.0 Å². The number of carbonyl (C=O) groups is 2. The third-order valence-corrected chi connectivity index (χ3v) is 5.86. The Bertz CT molecular complexity index is 703. The first-order chi connectivity index (χ1) is 13.2. The molecular weight excluding hydrogens is 369 g/mol. The maximum absolute atomic E-state index is 13.0. The standard InChI is InChI=1S/C21H27F3N2O2/c1-14-7-9-15(10-8-14)20(28)26-11-3-4-16(13-26)19(27)25-18-6-2-5-17(12-18)21(22,23)24/h7-10,16-18H,2-6,11-13H2,1H3,(H,25,27). The van der Waals surface area contributed by atoms with Crippen molar-refractivity contribution in [2.24, 2.45) is 11.8 Å². The molecule has 1 N–H and O–H groups in total. The van der Waals surface area contributed by atoms with Crippen molar-refractivity contribution in [1.82, 2.24) is 10.2 Å². The number of benzene rings is 1. The summed E-state index contributed by atoms with van der Waals surface area (Å²) in [6, 6.07) is 6.88. The Balaban J connectivity index is 1.57. The van der Waals surface area contributed by atoms with Crippen molar-refractivity contribution in [3.05, 3.63) is 35.4 Å². The van der Waals surface area contributed by atoms with Crippen molar-refractivity contribution in [3.63, 3.8) is 0 Å². The van der Waals surface area contributed by atoms with Gasteiger partial charge in [-0.05, 0) is 51.2 Å². The number of likely N-dealkylation sites (tertiary alicyclic amines) is 1. The van der Waals surface area contributed by atoms with Crippen LogP contribution in [0.4, 0.5) is 13.2 Å². The van der Waals surface area contributed by atoms with E-state index in [9.17, 15) is 22.8 Å². The van der Waals surface area contributed by atoms with Gasteiger partial charge in [-0.3, -0.25) is 9.59 Å². The van der Waals surface area contributed by atoms with Crippen LogP contribution in [0.25, 0.3) is 0 Å². The van der Waals surface area contributed by atoms with Crippen molar-refractivity contribution in [2.45, 2.75) is 57.7 Å². The number of hydrogen-bond donors (Lipinski definition) is 1. The van der Waals surface area contributed by atoms with E-state index in [4.69, 9.17) is 0 Å². The van der Waals surface area contributed by atoms with Gasteiger partial charge in [0.15, 0.2) is 0 Å². The third-order valence-electron chi connectivity index (χ3n) is 5.86. The monoisotopic (exact) mass is 396 g/mol. The first-order valence-electron chi connectivity index (χ1n) is 9.97. The van der Waals surface area contributed by atoms with Crippen molar-refractivity contribution in [1.29, 1.82) is 0 Å². The molecule has 1 heterocycles. The lowest BCUT2D eigenvalue weighted by Gasteiger charge is -2.35. The third kappa shape index (κ3) is 5.06. The molecule has 0 spiro atoms. The molecule has 2 aliphatic rings. The average Bonchev–Trinajstić information content (AvgIpc) is 2.67. The Morgan fingerprint density at radius 1 is 1.07 bits per heavy atom. The van der Waals surface area contributed by atoms with E-state index in [2.05, 4.69) is 5.32 Å². The zero-order chi connectivity index (χ0) is 20.3. The van der Waals surface area contributed by atoms with Gasteiger partial charge in [0.05, 0.1) is 11.8 Å². The molecule has 7 heteroatoms. The number of halogens is 3. The highest BCUT2D eigenvalue weighted by Crippen LogP contribution is 2.37. The molecule has 3 atom stereocenters. The Morgan fingerprint density at radius 3 is 2.46 bits per heavy atom. The zero-order valence-corrected chi connectivity index (χ0v) is 16.1. The highest BCUT2D eigenvalue weighted by molar-refractivity contribution is 5.94. The van der Waals surface area contributed by atoms with Gasteiger partial charge in [-0.2, -0.15) is 13.2 Å². The molecule has 154 valence electrons. The Kier molecular flexibility index (Phi) is 6.30. The van der Waals surface area contributed by atoms with Gasteiger partial charge in [-0.25, -0.2) is 0 Å². The van der Waals surface area contributed by atoms with Gasteiger partial charge in [-0.15, -0.1) is 0 Å². The molecule has 3 unspecified atom stereocenters. The number of carbonyl (C=O) groups excluding carboxylic acids is 2. The number of amides is 2. The Morgan fingerprint density at radius 2 is 1.79 bits per heavy atom. The van der Waals surface area contributed by atoms with Crippen LogP contribution in [0.2, 0.25) is 0 Å². The summed E-state index contributed by atoms with van der Waals surface area (Å²) in [6.45, 7) is 2.86. The minimum Gasteiger partial charge on any atom is -0.353 e. The summed E-state index contributed by atoms with van der Waals surface area (Å²) < 4.78 is 38.9. The molecule has 1 aromatic rings. The van der Waals surface area contributed by atoms with Gasteiger partial charge in [0, 0.05) is 24.7 Å². The van der Waals surface area contributed by atoms with Gasteiger partial charge >= 0.3 is 6.18 Å². The lowest BCUT2D eigenvalue weighted by molar-refractivity contribution is -0.184. The number of aryl methyl sites for hydroxylation is 1. The average molecular weight is 396 g/mol. The summed E-state index contributed by atoms with van der Waals surface area (Å²) in [5.74, 6) is -2.03. The van der Waals surface area contributed by atoms with Crippen molar-refractivity contribution in [2.75, 3.05) is 13.1 Å². The Hall–Kier alpha value is -2.05. The summed E-state index contributed by atoms with van der Waals surface area (Å²) in [7, 11) is 0. The van der Waals surface area contributed by atoms with E-state index in [0.29, 0.717) is 44.3 Å². The molecule has 0 radical (unpaired) electrons. The second kappa shape index (κ2) is 8.53. The molecule has 0 bridgehead atoms. The van der Waals surface area contributed by atoms with Crippen LogP contribution in [-0.2, 0) is 4.79 Å². The smallest absolute Gasteiger partial charge is 0.353 e. The summed E-state index contributed by atoms with van der Waals surface area (Å²) in [6.07, 6.45) is -1.70. The largest absolute Gasteiger partial charge is 0.391 e. The molecule has 3 rings (SSSR count). The molecule has 1 aliphatic heterocycles.